The normalized spacial score (nSPS) is 11.1. The number of aromatic amines is 1. The monoisotopic (exact) mass is 471 g/mol. The number of sulfonamides is 1. The predicted octanol–water partition coefficient (Wildman–Crippen LogP) is 2.93. The lowest BCUT2D eigenvalue weighted by Crippen LogP contribution is -2.18. The van der Waals surface area contributed by atoms with E-state index in [0.29, 0.717) is 34.2 Å². The number of thiazole rings is 1. The first kappa shape index (κ1) is 23.2. The van der Waals surface area contributed by atoms with Gasteiger partial charge in [0.25, 0.3) is 5.56 Å². The van der Waals surface area contributed by atoms with Crippen molar-refractivity contribution >= 4 is 38.1 Å². The molecular weight excluding hydrogens is 450 g/mol. The Labute approximate surface area is 189 Å². The maximum absolute atomic E-state index is 12.4. The van der Waals surface area contributed by atoms with Crippen molar-refractivity contribution in [1.29, 1.82) is 5.26 Å². The third kappa shape index (κ3) is 5.60. The van der Waals surface area contributed by atoms with Gasteiger partial charge in [-0.3, -0.25) is 14.3 Å². The number of carbonyl (C=O) groups is 1. The van der Waals surface area contributed by atoms with Gasteiger partial charge in [-0.05, 0) is 43.5 Å². The maximum atomic E-state index is 12.4. The molecule has 0 atom stereocenters. The van der Waals surface area contributed by atoms with E-state index >= 15 is 0 Å². The molecule has 9 nitrogen and oxygen atoms in total. The van der Waals surface area contributed by atoms with Crippen LogP contribution in [0.4, 0.5) is 10.8 Å². The number of pyridine rings is 1. The Hall–Kier alpha value is -3.49. The van der Waals surface area contributed by atoms with Crippen LogP contribution in [0.15, 0.2) is 34.4 Å². The van der Waals surface area contributed by atoms with Gasteiger partial charge in [0.05, 0.1) is 11.9 Å². The van der Waals surface area contributed by atoms with Crippen LogP contribution in [0, 0.1) is 25.2 Å². The molecule has 11 heteroatoms. The molecule has 0 radical (unpaired) electrons. The van der Waals surface area contributed by atoms with Gasteiger partial charge in [-0.1, -0.05) is 12.1 Å². The summed E-state index contributed by atoms with van der Waals surface area (Å²) in [6.07, 6.45) is 1.62. The fourth-order valence-corrected chi connectivity index (χ4v) is 4.53. The van der Waals surface area contributed by atoms with E-state index in [1.54, 1.807) is 43.5 Å². The molecule has 32 heavy (non-hydrogen) atoms. The van der Waals surface area contributed by atoms with Crippen LogP contribution in [0.1, 0.15) is 28.8 Å². The van der Waals surface area contributed by atoms with Crippen LogP contribution in [-0.2, 0) is 21.2 Å². The number of carbonyl (C=O) groups excluding carboxylic acids is 1. The summed E-state index contributed by atoms with van der Waals surface area (Å²) in [7, 11) is -3.35. The van der Waals surface area contributed by atoms with E-state index in [1.165, 1.54) is 11.3 Å². The molecule has 0 spiro atoms. The molecule has 1 amide bonds. The number of rotatable bonds is 7. The lowest BCUT2D eigenvalue weighted by molar-refractivity contribution is -0.116. The molecule has 0 unspecified atom stereocenters. The van der Waals surface area contributed by atoms with Crippen molar-refractivity contribution in [1.82, 2.24) is 9.97 Å². The number of aryl methyl sites for hydroxylation is 1. The topological polar surface area (TPSA) is 145 Å². The summed E-state index contributed by atoms with van der Waals surface area (Å²) in [5.41, 5.74) is 3.54. The van der Waals surface area contributed by atoms with Crippen LogP contribution in [0.25, 0.3) is 11.3 Å². The third-order valence-corrected chi connectivity index (χ3v) is 6.12. The van der Waals surface area contributed by atoms with Crippen LogP contribution < -0.4 is 15.6 Å². The van der Waals surface area contributed by atoms with Crippen LogP contribution in [0.2, 0.25) is 0 Å². The Morgan fingerprint density at radius 3 is 2.56 bits per heavy atom. The van der Waals surface area contributed by atoms with E-state index in [9.17, 15) is 18.0 Å². The molecular formula is C21H21N5O4S2. The van der Waals surface area contributed by atoms with Gasteiger partial charge in [0, 0.05) is 28.7 Å². The minimum Gasteiger partial charge on any atom is -0.325 e. The zero-order valence-electron chi connectivity index (χ0n) is 17.6. The van der Waals surface area contributed by atoms with E-state index in [4.69, 9.17) is 5.26 Å². The summed E-state index contributed by atoms with van der Waals surface area (Å²) in [5, 5.41) is 14.2. The molecule has 0 aliphatic heterocycles. The lowest BCUT2D eigenvalue weighted by atomic mass is 9.99. The van der Waals surface area contributed by atoms with Crippen LogP contribution in [0.3, 0.4) is 0 Å². The van der Waals surface area contributed by atoms with Crippen molar-refractivity contribution in [2.75, 3.05) is 16.3 Å². The van der Waals surface area contributed by atoms with E-state index in [-0.39, 0.29) is 17.9 Å². The molecule has 3 aromatic rings. The third-order valence-electron chi connectivity index (χ3n) is 4.76. The van der Waals surface area contributed by atoms with Gasteiger partial charge in [0.2, 0.25) is 15.9 Å². The summed E-state index contributed by atoms with van der Waals surface area (Å²) in [6.45, 7) is 3.45. The maximum Gasteiger partial charge on any atom is 0.266 e. The predicted molar refractivity (Wildman–Crippen MR) is 124 cm³/mol. The molecule has 0 aliphatic carbocycles. The van der Waals surface area contributed by atoms with Crippen molar-refractivity contribution in [3.8, 4) is 17.3 Å². The first-order chi connectivity index (χ1) is 15.1. The summed E-state index contributed by atoms with van der Waals surface area (Å²) in [6, 6.07) is 8.66. The van der Waals surface area contributed by atoms with Gasteiger partial charge in [0.15, 0.2) is 5.13 Å². The first-order valence-electron chi connectivity index (χ1n) is 9.53. The van der Waals surface area contributed by atoms with Gasteiger partial charge in [0.1, 0.15) is 11.6 Å². The Balaban J connectivity index is 1.65. The Bertz CT molecular complexity index is 1370. The second-order valence-corrected chi connectivity index (χ2v) is 9.81. The molecule has 0 fully saturated rings. The van der Waals surface area contributed by atoms with E-state index in [1.807, 2.05) is 6.07 Å². The lowest BCUT2D eigenvalue weighted by Gasteiger charge is -2.10. The number of nitrogens with zero attached hydrogens (tertiary/aromatic N) is 2. The number of amides is 1. The molecule has 0 bridgehead atoms. The Morgan fingerprint density at radius 2 is 1.94 bits per heavy atom. The van der Waals surface area contributed by atoms with Gasteiger partial charge in [-0.2, -0.15) is 5.26 Å². The summed E-state index contributed by atoms with van der Waals surface area (Å²) in [5.74, 6) is -0.234. The van der Waals surface area contributed by atoms with E-state index in [2.05, 4.69) is 20.0 Å². The van der Waals surface area contributed by atoms with Crippen LogP contribution in [-0.4, -0.2) is 30.5 Å². The number of hydrogen-bond donors (Lipinski definition) is 3. The number of H-pyrrole nitrogens is 1. The number of nitrogens with one attached hydrogen (secondary N) is 3. The fourth-order valence-electron chi connectivity index (χ4n) is 3.23. The minimum atomic E-state index is -3.35. The number of nitriles is 1. The number of benzene rings is 1. The highest BCUT2D eigenvalue weighted by Gasteiger charge is 2.14. The van der Waals surface area contributed by atoms with Crippen molar-refractivity contribution in [2.45, 2.75) is 26.7 Å². The highest BCUT2D eigenvalue weighted by molar-refractivity contribution is 7.92. The first-order valence-corrected chi connectivity index (χ1v) is 12.3. The average Bonchev–Trinajstić information content (AvgIpc) is 3.15. The highest BCUT2D eigenvalue weighted by atomic mass is 32.2. The zero-order chi connectivity index (χ0) is 23.5. The standard InChI is InChI=1S/C21H21N5O4S2/c1-12-16(13(2)23-20(28)17(12)10-22)8-9-19(27)25-21-24-18(11-31-21)14-4-6-15(7-5-14)26-32(3,29)30/h4-7,11,26H,8-9H2,1-3H3,(H,23,28)(H,24,25,27). The fraction of sp³-hybridized carbons (Fsp3) is 0.238. The summed E-state index contributed by atoms with van der Waals surface area (Å²) in [4.78, 5) is 31.3. The zero-order valence-corrected chi connectivity index (χ0v) is 19.3. The van der Waals surface area contributed by atoms with Gasteiger partial charge >= 0.3 is 0 Å². The summed E-state index contributed by atoms with van der Waals surface area (Å²) >= 11 is 1.28. The molecule has 3 rings (SSSR count). The minimum absolute atomic E-state index is 0.0633. The molecule has 0 saturated heterocycles. The largest absolute Gasteiger partial charge is 0.325 e. The molecule has 3 N–H and O–H groups in total. The van der Waals surface area contributed by atoms with Crippen molar-refractivity contribution in [2.24, 2.45) is 0 Å². The van der Waals surface area contributed by atoms with Gasteiger partial charge in [-0.15, -0.1) is 11.3 Å². The Morgan fingerprint density at radius 1 is 1.25 bits per heavy atom. The molecule has 2 aromatic heterocycles. The van der Waals surface area contributed by atoms with Crippen LogP contribution >= 0.6 is 11.3 Å². The SMILES string of the molecule is Cc1[nH]c(=O)c(C#N)c(C)c1CCC(=O)Nc1nc(-c2ccc(NS(C)(=O)=O)cc2)cs1. The average molecular weight is 472 g/mol. The Kier molecular flexibility index (Phi) is 6.76. The molecule has 1 aromatic carbocycles. The quantitative estimate of drug-likeness (QED) is 0.483. The van der Waals surface area contributed by atoms with E-state index < -0.39 is 15.6 Å². The number of anilines is 2. The molecule has 166 valence electrons. The van der Waals surface area contributed by atoms with Crippen molar-refractivity contribution in [3.63, 3.8) is 0 Å². The van der Waals surface area contributed by atoms with Gasteiger partial charge in [-0.25, -0.2) is 13.4 Å². The van der Waals surface area contributed by atoms with Crippen molar-refractivity contribution in [3.05, 3.63) is 62.4 Å². The van der Waals surface area contributed by atoms with Crippen molar-refractivity contribution < 1.29 is 13.2 Å². The molecule has 0 aliphatic rings. The molecule has 2 heterocycles. The highest BCUT2D eigenvalue weighted by Crippen LogP contribution is 2.26. The molecule has 0 saturated carbocycles. The number of aromatic nitrogens is 2. The van der Waals surface area contributed by atoms with Crippen LogP contribution in [0.5, 0.6) is 0 Å². The second kappa shape index (κ2) is 9.33. The second-order valence-electron chi connectivity index (χ2n) is 7.21. The van der Waals surface area contributed by atoms with Gasteiger partial charge < -0.3 is 10.3 Å². The number of hydrogen-bond acceptors (Lipinski definition) is 7. The smallest absolute Gasteiger partial charge is 0.266 e. The summed E-state index contributed by atoms with van der Waals surface area (Å²) < 4.78 is 25.0. The van der Waals surface area contributed by atoms with E-state index in [0.717, 1.165) is 17.4 Å².